The van der Waals surface area contributed by atoms with E-state index in [1.54, 1.807) is 0 Å². The Labute approximate surface area is 218 Å². The first-order chi connectivity index (χ1) is 17.2. The van der Waals surface area contributed by atoms with Crippen LogP contribution < -0.4 is 0 Å². The molecule has 0 fully saturated rings. The first-order valence-electron chi connectivity index (χ1n) is 12.7. The summed E-state index contributed by atoms with van der Waals surface area (Å²) in [7, 11) is 0. The Hall–Kier alpha value is -3.08. The topological polar surface area (TPSA) is 0 Å². The third-order valence-electron chi connectivity index (χ3n) is 7.30. The van der Waals surface area contributed by atoms with Gasteiger partial charge in [0.25, 0.3) is 0 Å². The van der Waals surface area contributed by atoms with E-state index in [1.165, 1.54) is 64.6 Å². The van der Waals surface area contributed by atoms with Crippen LogP contribution in [0.5, 0.6) is 0 Å². The summed E-state index contributed by atoms with van der Waals surface area (Å²) >= 11 is 3.77. The summed E-state index contributed by atoms with van der Waals surface area (Å²) < 4.78 is 1.11. The maximum atomic E-state index is 3.77. The maximum absolute atomic E-state index is 3.77. The number of hydrogen-bond acceptors (Lipinski definition) is 0. The molecule has 0 bridgehead atoms. The van der Waals surface area contributed by atoms with E-state index in [0.29, 0.717) is 0 Å². The molecule has 4 aromatic carbocycles. The lowest BCUT2D eigenvalue weighted by Gasteiger charge is -2.34. The van der Waals surface area contributed by atoms with Gasteiger partial charge in [0, 0.05) is 10.0 Å². The van der Waals surface area contributed by atoms with Gasteiger partial charge in [0.05, 0.1) is 5.41 Å². The molecule has 5 rings (SSSR count). The fraction of sp³-hybridized carbons (Fsp3) is 0.235. The molecule has 1 aliphatic rings. The zero-order chi connectivity index (χ0) is 24.3. The Kier molecular flexibility index (Phi) is 6.94. The monoisotopic (exact) mass is 518 g/mol. The summed E-state index contributed by atoms with van der Waals surface area (Å²) in [6, 6.07) is 33.9. The standard InChI is InChI=1S/C34H31Br/c1-3-5-6-7-11-26-16-20-28(21-17-26)34(27-18-14-25(10-4-2)15-19-27)32-13-9-8-12-30(32)31-23-22-29(35)24-33(31)34/h8-9,12-24H,3,5-7,11H2,1-2H3. The van der Waals surface area contributed by atoms with Crippen molar-refractivity contribution in [2.75, 3.05) is 0 Å². The fourth-order valence-electron chi connectivity index (χ4n) is 5.67. The Balaban J connectivity index is 1.70. The van der Waals surface area contributed by atoms with Gasteiger partial charge in [-0.15, -0.1) is 5.92 Å². The van der Waals surface area contributed by atoms with Crippen LogP contribution in [0.2, 0.25) is 0 Å². The quantitative estimate of drug-likeness (QED) is 0.148. The highest BCUT2D eigenvalue weighted by Gasteiger charge is 2.46. The van der Waals surface area contributed by atoms with E-state index in [4.69, 9.17) is 0 Å². The second-order valence-corrected chi connectivity index (χ2v) is 10.4. The largest absolute Gasteiger partial charge is 0.101 e. The lowest BCUT2D eigenvalue weighted by atomic mass is 9.67. The molecule has 4 aromatic rings. The van der Waals surface area contributed by atoms with Crippen molar-refractivity contribution in [3.8, 4) is 23.0 Å². The predicted molar refractivity (Wildman–Crippen MR) is 152 cm³/mol. The number of fused-ring (bicyclic) bond motifs is 3. The molecule has 1 unspecified atom stereocenters. The third kappa shape index (κ3) is 4.26. The molecule has 1 atom stereocenters. The van der Waals surface area contributed by atoms with Crippen LogP contribution in [0.15, 0.2) is 95.5 Å². The Morgan fingerprint density at radius 2 is 1.40 bits per heavy atom. The highest BCUT2D eigenvalue weighted by atomic mass is 79.9. The molecule has 0 N–H and O–H groups in total. The van der Waals surface area contributed by atoms with Gasteiger partial charge in [0.15, 0.2) is 0 Å². The highest BCUT2D eigenvalue weighted by Crippen LogP contribution is 2.56. The molecule has 0 nitrogen and oxygen atoms in total. The van der Waals surface area contributed by atoms with Gasteiger partial charge < -0.3 is 0 Å². The Bertz CT molecular complexity index is 1380. The molecular weight excluding hydrogens is 488 g/mol. The molecule has 0 saturated carbocycles. The SMILES string of the molecule is CC#Cc1ccc(C2(c3ccc(CCCCCC)cc3)c3ccccc3-c3ccc(Br)cc32)cc1. The number of unbranched alkanes of at least 4 members (excludes halogenated alkanes) is 3. The maximum Gasteiger partial charge on any atom is 0.0713 e. The first-order valence-corrected chi connectivity index (χ1v) is 13.5. The molecule has 0 aromatic heterocycles. The van der Waals surface area contributed by atoms with Crippen LogP contribution in [-0.2, 0) is 11.8 Å². The predicted octanol–water partition coefficient (Wildman–Crippen LogP) is 9.31. The Morgan fingerprint density at radius 3 is 2.11 bits per heavy atom. The fourth-order valence-corrected chi connectivity index (χ4v) is 6.03. The van der Waals surface area contributed by atoms with Crippen LogP contribution in [0.4, 0.5) is 0 Å². The van der Waals surface area contributed by atoms with Gasteiger partial charge in [0.1, 0.15) is 0 Å². The van der Waals surface area contributed by atoms with E-state index in [2.05, 4.69) is 126 Å². The second-order valence-electron chi connectivity index (χ2n) is 9.45. The van der Waals surface area contributed by atoms with Crippen LogP contribution in [0, 0.1) is 11.8 Å². The molecule has 1 aliphatic carbocycles. The third-order valence-corrected chi connectivity index (χ3v) is 7.79. The number of hydrogen-bond donors (Lipinski definition) is 0. The molecular formula is C34H31Br. The van der Waals surface area contributed by atoms with E-state index in [0.717, 1.165) is 16.5 Å². The van der Waals surface area contributed by atoms with Crippen molar-refractivity contribution >= 4 is 15.9 Å². The summed E-state index contributed by atoms with van der Waals surface area (Å²) in [6.07, 6.45) is 6.32. The molecule has 35 heavy (non-hydrogen) atoms. The summed E-state index contributed by atoms with van der Waals surface area (Å²) in [5, 5.41) is 0. The van der Waals surface area contributed by atoms with Gasteiger partial charge in [-0.25, -0.2) is 0 Å². The van der Waals surface area contributed by atoms with Gasteiger partial charge in [-0.1, -0.05) is 115 Å². The second kappa shape index (κ2) is 10.3. The van der Waals surface area contributed by atoms with E-state index < -0.39 is 0 Å². The van der Waals surface area contributed by atoms with Gasteiger partial charge >= 0.3 is 0 Å². The van der Waals surface area contributed by atoms with Crippen LogP contribution >= 0.6 is 15.9 Å². The molecule has 0 radical (unpaired) electrons. The minimum Gasteiger partial charge on any atom is -0.101 e. The molecule has 0 amide bonds. The summed E-state index contributed by atoms with van der Waals surface area (Å²) in [5.74, 6) is 6.23. The molecule has 0 aliphatic heterocycles. The molecule has 174 valence electrons. The Morgan fingerprint density at radius 1 is 0.714 bits per heavy atom. The minimum absolute atomic E-state index is 0.366. The van der Waals surface area contributed by atoms with Gasteiger partial charge in [-0.3, -0.25) is 0 Å². The zero-order valence-corrected chi connectivity index (χ0v) is 22.2. The van der Waals surface area contributed by atoms with Crippen LogP contribution in [-0.4, -0.2) is 0 Å². The highest BCUT2D eigenvalue weighted by molar-refractivity contribution is 9.10. The minimum atomic E-state index is -0.366. The normalized spacial score (nSPS) is 15.7. The van der Waals surface area contributed by atoms with Crippen molar-refractivity contribution in [3.05, 3.63) is 129 Å². The van der Waals surface area contributed by atoms with Crippen molar-refractivity contribution < 1.29 is 0 Å². The van der Waals surface area contributed by atoms with Crippen molar-refractivity contribution in [1.29, 1.82) is 0 Å². The smallest absolute Gasteiger partial charge is 0.0713 e. The van der Waals surface area contributed by atoms with E-state index in [-0.39, 0.29) is 5.41 Å². The van der Waals surface area contributed by atoms with Crippen molar-refractivity contribution in [1.82, 2.24) is 0 Å². The average Bonchev–Trinajstić information content (AvgIpc) is 3.18. The van der Waals surface area contributed by atoms with Crippen LogP contribution in [0.3, 0.4) is 0 Å². The number of rotatable bonds is 7. The van der Waals surface area contributed by atoms with Crippen LogP contribution in [0.1, 0.15) is 72.9 Å². The number of benzene rings is 4. The molecule has 0 spiro atoms. The number of halogens is 1. The van der Waals surface area contributed by atoms with Crippen molar-refractivity contribution in [2.24, 2.45) is 0 Å². The van der Waals surface area contributed by atoms with E-state index >= 15 is 0 Å². The van der Waals surface area contributed by atoms with E-state index in [9.17, 15) is 0 Å². The van der Waals surface area contributed by atoms with Crippen molar-refractivity contribution in [2.45, 2.75) is 51.4 Å². The molecule has 0 saturated heterocycles. The van der Waals surface area contributed by atoms with Gasteiger partial charge in [-0.2, -0.15) is 0 Å². The lowest BCUT2D eigenvalue weighted by Crippen LogP contribution is -2.28. The number of aryl methyl sites for hydroxylation is 1. The van der Waals surface area contributed by atoms with Crippen molar-refractivity contribution in [3.63, 3.8) is 0 Å². The molecule has 1 heteroatoms. The van der Waals surface area contributed by atoms with E-state index in [1.807, 2.05) is 6.92 Å². The lowest BCUT2D eigenvalue weighted by molar-refractivity contribution is 0.666. The summed E-state index contributed by atoms with van der Waals surface area (Å²) in [6.45, 7) is 4.16. The van der Waals surface area contributed by atoms with Gasteiger partial charge in [0.2, 0.25) is 0 Å². The summed E-state index contributed by atoms with van der Waals surface area (Å²) in [4.78, 5) is 0. The summed E-state index contributed by atoms with van der Waals surface area (Å²) in [5.41, 5.74) is 10.0. The zero-order valence-electron chi connectivity index (χ0n) is 20.6. The molecule has 0 heterocycles. The van der Waals surface area contributed by atoms with Crippen LogP contribution in [0.25, 0.3) is 11.1 Å². The average molecular weight is 520 g/mol. The first kappa shape index (κ1) is 23.7. The van der Waals surface area contributed by atoms with Gasteiger partial charge in [-0.05, 0) is 83.0 Å².